The van der Waals surface area contributed by atoms with Crippen molar-refractivity contribution >= 4 is 5.91 Å². The number of nitrogens with two attached hydrogens (primary N) is 1. The minimum absolute atomic E-state index is 0.125. The van der Waals surface area contributed by atoms with Gasteiger partial charge in [0.15, 0.2) is 0 Å². The van der Waals surface area contributed by atoms with E-state index in [0.29, 0.717) is 0 Å². The van der Waals surface area contributed by atoms with Gasteiger partial charge in [-0.05, 0) is 30.1 Å². The Morgan fingerprint density at radius 2 is 1.75 bits per heavy atom. The van der Waals surface area contributed by atoms with Gasteiger partial charge < -0.3 is 11.1 Å². The molecule has 2 unspecified atom stereocenters. The summed E-state index contributed by atoms with van der Waals surface area (Å²) in [4.78, 5) is 12.2. The van der Waals surface area contributed by atoms with E-state index in [0.717, 1.165) is 19.3 Å². The largest absolute Gasteiger partial charge is 0.352 e. The molecule has 2 aliphatic carbocycles. The molecule has 3 heteroatoms. The van der Waals surface area contributed by atoms with E-state index in [9.17, 15) is 4.79 Å². The van der Waals surface area contributed by atoms with Crippen molar-refractivity contribution in [3.8, 4) is 0 Å². The molecule has 0 radical (unpaired) electrons. The van der Waals surface area contributed by atoms with Crippen LogP contribution in [0.25, 0.3) is 0 Å². The molecule has 0 bridgehead atoms. The first kappa shape index (κ1) is 11.9. The quantitative estimate of drug-likeness (QED) is 0.749. The fourth-order valence-electron chi connectivity index (χ4n) is 3.29. The lowest BCUT2D eigenvalue weighted by Gasteiger charge is -2.17. The van der Waals surface area contributed by atoms with Gasteiger partial charge in [0.2, 0.25) is 5.91 Å². The highest BCUT2D eigenvalue weighted by atomic mass is 16.2. The highest BCUT2D eigenvalue weighted by Gasteiger charge is 2.68. The molecule has 0 aliphatic heterocycles. The van der Waals surface area contributed by atoms with Gasteiger partial charge in [0.05, 0.1) is 0 Å². The molecule has 2 fully saturated rings. The highest BCUT2D eigenvalue weighted by molar-refractivity contribution is 5.84. The first-order valence-electron chi connectivity index (χ1n) is 6.34. The molecule has 0 aromatic heterocycles. The van der Waals surface area contributed by atoms with Crippen molar-refractivity contribution in [1.29, 1.82) is 0 Å². The smallest absolute Gasteiger partial charge is 0.224 e. The zero-order chi connectivity index (χ0) is 12.1. The molecule has 0 aromatic carbocycles. The fourth-order valence-corrected chi connectivity index (χ4v) is 3.29. The van der Waals surface area contributed by atoms with Crippen molar-refractivity contribution in [2.45, 2.75) is 59.0 Å². The molecule has 0 heterocycles. The van der Waals surface area contributed by atoms with Crippen LogP contribution in [0.2, 0.25) is 0 Å². The Morgan fingerprint density at radius 1 is 1.19 bits per heavy atom. The Bertz CT molecular complexity index is 295. The Kier molecular flexibility index (Phi) is 2.57. The molecule has 92 valence electrons. The molecule has 0 aromatic rings. The third-order valence-electron chi connectivity index (χ3n) is 5.18. The van der Waals surface area contributed by atoms with Crippen LogP contribution in [0.15, 0.2) is 0 Å². The monoisotopic (exact) mass is 224 g/mol. The fraction of sp³-hybridized carbons (Fsp3) is 0.923. The molecule has 2 atom stereocenters. The average molecular weight is 224 g/mol. The summed E-state index contributed by atoms with van der Waals surface area (Å²) in [6.07, 6.45) is 3.23. The SMILES string of the molecule is CC1(C)C(C(=O)NC2CCCC2N)C1(C)C. The van der Waals surface area contributed by atoms with Gasteiger partial charge in [-0.15, -0.1) is 0 Å². The van der Waals surface area contributed by atoms with E-state index >= 15 is 0 Å². The van der Waals surface area contributed by atoms with Crippen molar-refractivity contribution in [3.63, 3.8) is 0 Å². The second-order valence-corrected chi connectivity index (χ2v) is 6.59. The van der Waals surface area contributed by atoms with E-state index in [1.54, 1.807) is 0 Å². The van der Waals surface area contributed by atoms with Gasteiger partial charge in [-0.25, -0.2) is 0 Å². The molecular weight excluding hydrogens is 200 g/mol. The molecule has 2 saturated carbocycles. The van der Waals surface area contributed by atoms with Crippen LogP contribution >= 0.6 is 0 Å². The Labute approximate surface area is 98.2 Å². The van der Waals surface area contributed by atoms with Crippen LogP contribution in [0.3, 0.4) is 0 Å². The number of carbonyl (C=O) groups is 1. The molecule has 0 spiro atoms. The van der Waals surface area contributed by atoms with Crippen molar-refractivity contribution in [2.75, 3.05) is 0 Å². The molecule has 0 saturated heterocycles. The van der Waals surface area contributed by atoms with Gasteiger partial charge in [-0.3, -0.25) is 4.79 Å². The normalized spacial score (nSPS) is 36.1. The van der Waals surface area contributed by atoms with Crippen LogP contribution in [0.4, 0.5) is 0 Å². The maximum absolute atomic E-state index is 12.2. The molecular formula is C13H24N2O. The van der Waals surface area contributed by atoms with Crippen molar-refractivity contribution in [2.24, 2.45) is 22.5 Å². The summed E-state index contributed by atoms with van der Waals surface area (Å²) in [6, 6.07) is 0.369. The molecule has 1 amide bonds. The second kappa shape index (κ2) is 3.46. The van der Waals surface area contributed by atoms with Crippen LogP contribution in [-0.2, 0) is 4.79 Å². The van der Waals surface area contributed by atoms with E-state index in [2.05, 4.69) is 33.0 Å². The summed E-state index contributed by atoms with van der Waals surface area (Å²) in [6.45, 7) is 8.69. The predicted molar refractivity (Wildman–Crippen MR) is 64.8 cm³/mol. The van der Waals surface area contributed by atoms with E-state index in [-0.39, 0.29) is 34.7 Å². The van der Waals surface area contributed by atoms with Crippen molar-refractivity contribution in [3.05, 3.63) is 0 Å². The van der Waals surface area contributed by atoms with Gasteiger partial charge in [0.25, 0.3) is 0 Å². The Morgan fingerprint density at radius 3 is 2.12 bits per heavy atom. The molecule has 3 N–H and O–H groups in total. The summed E-state index contributed by atoms with van der Waals surface area (Å²) in [5, 5.41) is 3.14. The third-order valence-corrected chi connectivity index (χ3v) is 5.18. The summed E-state index contributed by atoms with van der Waals surface area (Å²) in [7, 11) is 0. The summed E-state index contributed by atoms with van der Waals surface area (Å²) < 4.78 is 0. The second-order valence-electron chi connectivity index (χ2n) is 6.59. The topological polar surface area (TPSA) is 55.1 Å². The summed E-state index contributed by atoms with van der Waals surface area (Å²) in [5.41, 5.74) is 6.22. The van der Waals surface area contributed by atoms with Crippen molar-refractivity contribution < 1.29 is 4.79 Å². The lowest BCUT2D eigenvalue weighted by Crippen LogP contribution is -2.45. The number of carbonyl (C=O) groups excluding carboxylic acids is 1. The number of amides is 1. The van der Waals surface area contributed by atoms with Crippen molar-refractivity contribution in [1.82, 2.24) is 5.32 Å². The lowest BCUT2D eigenvalue weighted by molar-refractivity contribution is -0.124. The van der Waals surface area contributed by atoms with Crippen LogP contribution in [0.5, 0.6) is 0 Å². The minimum Gasteiger partial charge on any atom is -0.352 e. The lowest BCUT2D eigenvalue weighted by atomic mass is 10.0. The van der Waals surface area contributed by atoms with E-state index in [1.165, 1.54) is 0 Å². The third kappa shape index (κ3) is 1.56. The predicted octanol–water partition coefficient (Wildman–Crippen LogP) is 1.66. The van der Waals surface area contributed by atoms with E-state index < -0.39 is 0 Å². The first-order valence-corrected chi connectivity index (χ1v) is 6.34. The highest BCUT2D eigenvalue weighted by Crippen LogP contribution is 2.68. The Hall–Kier alpha value is -0.570. The first-order chi connectivity index (χ1) is 7.28. The summed E-state index contributed by atoms with van der Waals surface area (Å²) in [5.74, 6) is 0.352. The number of nitrogens with one attached hydrogen (secondary N) is 1. The van der Waals surface area contributed by atoms with Gasteiger partial charge in [-0.1, -0.05) is 27.7 Å². The molecule has 16 heavy (non-hydrogen) atoms. The number of hydrogen-bond donors (Lipinski definition) is 2. The standard InChI is InChI=1S/C13H24N2O/c1-12(2)10(13(12,3)4)11(16)15-9-7-5-6-8(9)14/h8-10H,5-7,14H2,1-4H3,(H,15,16). The zero-order valence-electron chi connectivity index (χ0n) is 10.8. The molecule has 3 nitrogen and oxygen atoms in total. The van der Waals surface area contributed by atoms with Crippen LogP contribution in [0.1, 0.15) is 47.0 Å². The van der Waals surface area contributed by atoms with Crippen LogP contribution in [-0.4, -0.2) is 18.0 Å². The minimum atomic E-state index is 0.125. The van der Waals surface area contributed by atoms with E-state index in [1.807, 2.05) is 0 Å². The Balaban J connectivity index is 1.96. The van der Waals surface area contributed by atoms with E-state index in [4.69, 9.17) is 5.73 Å². The van der Waals surface area contributed by atoms with Gasteiger partial charge in [0.1, 0.15) is 0 Å². The zero-order valence-corrected chi connectivity index (χ0v) is 10.8. The molecule has 2 rings (SSSR count). The average Bonchev–Trinajstić information content (AvgIpc) is 2.44. The van der Waals surface area contributed by atoms with Crippen LogP contribution in [0, 0.1) is 16.7 Å². The molecule has 2 aliphatic rings. The number of rotatable bonds is 2. The maximum Gasteiger partial charge on any atom is 0.224 e. The maximum atomic E-state index is 12.2. The van der Waals surface area contributed by atoms with Gasteiger partial charge in [0, 0.05) is 18.0 Å². The summed E-state index contributed by atoms with van der Waals surface area (Å²) >= 11 is 0. The van der Waals surface area contributed by atoms with Gasteiger partial charge >= 0.3 is 0 Å². The van der Waals surface area contributed by atoms with Gasteiger partial charge in [-0.2, -0.15) is 0 Å². The number of hydrogen-bond acceptors (Lipinski definition) is 2. The van der Waals surface area contributed by atoms with Crippen LogP contribution < -0.4 is 11.1 Å².